The number of aromatic nitrogens is 1. The highest BCUT2D eigenvalue weighted by molar-refractivity contribution is 9.10. The molecule has 1 aromatic rings. The van der Waals surface area contributed by atoms with Gasteiger partial charge in [0.05, 0.1) is 0 Å². The Kier molecular flexibility index (Phi) is 5.56. The summed E-state index contributed by atoms with van der Waals surface area (Å²) in [7, 11) is 0. The Bertz CT molecular complexity index is 470. The van der Waals surface area contributed by atoms with Gasteiger partial charge in [0.15, 0.2) is 0 Å². The van der Waals surface area contributed by atoms with Gasteiger partial charge < -0.3 is 20.1 Å². The molecule has 0 aliphatic carbocycles. The molecule has 0 fully saturated rings. The van der Waals surface area contributed by atoms with Crippen molar-refractivity contribution in [2.24, 2.45) is 0 Å². The third-order valence-corrected chi connectivity index (χ3v) is 3.06. The van der Waals surface area contributed by atoms with Crippen LogP contribution in [0, 0.1) is 0 Å². The van der Waals surface area contributed by atoms with E-state index < -0.39 is 17.9 Å². The van der Waals surface area contributed by atoms with E-state index in [-0.39, 0.29) is 19.1 Å². The lowest BCUT2D eigenvalue weighted by Gasteiger charge is -2.16. The molecule has 0 aliphatic heterocycles. The van der Waals surface area contributed by atoms with Gasteiger partial charge in [0.2, 0.25) is 0 Å². The summed E-state index contributed by atoms with van der Waals surface area (Å²) in [4.78, 5) is 23.0. The Morgan fingerprint density at radius 2 is 2.11 bits per heavy atom. The summed E-state index contributed by atoms with van der Waals surface area (Å²) < 4.78 is 2.50. The molecule has 19 heavy (non-hydrogen) atoms. The highest BCUT2D eigenvalue weighted by Gasteiger charge is 2.22. The maximum Gasteiger partial charge on any atom is 0.326 e. The van der Waals surface area contributed by atoms with E-state index in [0.717, 1.165) is 4.47 Å². The Labute approximate surface area is 119 Å². The van der Waals surface area contributed by atoms with Crippen molar-refractivity contribution in [3.05, 3.63) is 22.4 Å². The molecule has 6 nitrogen and oxygen atoms in total. The number of carboxylic acid groups (broad SMARTS) is 1. The summed E-state index contributed by atoms with van der Waals surface area (Å²) >= 11 is 3.29. The standard InChI is InChI=1S/C12H17BrN2O4/c1-7(2)15-6-8(13)5-10(15)11(17)14-9(3-4-16)12(18)19/h5-7,9,16H,3-4H2,1-2H3,(H,14,17)(H,18,19)/t9-/m0/s1. The molecule has 1 aromatic heterocycles. The van der Waals surface area contributed by atoms with Crippen LogP contribution in [-0.4, -0.2) is 39.3 Å². The Morgan fingerprint density at radius 3 is 2.58 bits per heavy atom. The zero-order valence-electron chi connectivity index (χ0n) is 10.8. The summed E-state index contributed by atoms with van der Waals surface area (Å²) in [6.07, 6.45) is 1.74. The van der Waals surface area contributed by atoms with Crippen LogP contribution >= 0.6 is 15.9 Å². The van der Waals surface area contributed by atoms with E-state index >= 15 is 0 Å². The zero-order valence-corrected chi connectivity index (χ0v) is 12.3. The molecule has 0 spiro atoms. The summed E-state index contributed by atoms with van der Waals surface area (Å²) in [5.74, 6) is -1.63. The van der Waals surface area contributed by atoms with E-state index in [9.17, 15) is 9.59 Å². The predicted octanol–water partition coefficient (Wildman–Crippen LogP) is 1.40. The molecular weight excluding hydrogens is 316 g/mol. The molecule has 0 saturated carbocycles. The first-order valence-corrected chi connectivity index (χ1v) is 6.68. The second kappa shape index (κ2) is 6.72. The second-order valence-electron chi connectivity index (χ2n) is 4.42. The molecular formula is C12H17BrN2O4. The van der Waals surface area contributed by atoms with E-state index in [1.54, 1.807) is 16.8 Å². The van der Waals surface area contributed by atoms with Crippen LogP contribution in [0.4, 0.5) is 0 Å². The average molecular weight is 333 g/mol. The lowest BCUT2D eigenvalue weighted by atomic mass is 10.2. The normalized spacial score (nSPS) is 12.5. The number of carboxylic acids is 1. The third-order valence-electron chi connectivity index (χ3n) is 2.63. The average Bonchev–Trinajstić information content (AvgIpc) is 2.70. The van der Waals surface area contributed by atoms with E-state index in [4.69, 9.17) is 10.2 Å². The van der Waals surface area contributed by atoms with Crippen molar-refractivity contribution in [1.82, 2.24) is 9.88 Å². The van der Waals surface area contributed by atoms with Gasteiger partial charge in [0, 0.05) is 29.7 Å². The van der Waals surface area contributed by atoms with Gasteiger partial charge in [-0.05, 0) is 35.8 Å². The minimum atomic E-state index is -1.16. The topological polar surface area (TPSA) is 91.6 Å². The Morgan fingerprint density at radius 1 is 1.47 bits per heavy atom. The number of carbonyl (C=O) groups excluding carboxylic acids is 1. The van der Waals surface area contributed by atoms with Gasteiger partial charge in [-0.3, -0.25) is 4.79 Å². The molecule has 3 N–H and O–H groups in total. The van der Waals surface area contributed by atoms with Crippen molar-refractivity contribution in [2.75, 3.05) is 6.61 Å². The molecule has 0 bridgehead atoms. The number of nitrogens with zero attached hydrogens (tertiary/aromatic N) is 1. The number of halogens is 1. The van der Waals surface area contributed by atoms with E-state index in [1.807, 2.05) is 13.8 Å². The van der Waals surface area contributed by atoms with Crippen LogP contribution in [0.2, 0.25) is 0 Å². The van der Waals surface area contributed by atoms with Crippen molar-refractivity contribution in [2.45, 2.75) is 32.4 Å². The van der Waals surface area contributed by atoms with Crippen molar-refractivity contribution in [1.29, 1.82) is 0 Å². The Balaban J connectivity index is 2.91. The molecule has 106 valence electrons. The monoisotopic (exact) mass is 332 g/mol. The molecule has 0 unspecified atom stereocenters. The minimum Gasteiger partial charge on any atom is -0.480 e. The lowest BCUT2D eigenvalue weighted by Crippen LogP contribution is -2.42. The summed E-state index contributed by atoms with van der Waals surface area (Å²) in [5.41, 5.74) is 0.381. The molecule has 1 atom stereocenters. The van der Waals surface area contributed by atoms with Crippen LogP contribution in [0.15, 0.2) is 16.7 Å². The number of carbonyl (C=O) groups is 2. The van der Waals surface area contributed by atoms with Gasteiger partial charge >= 0.3 is 5.97 Å². The molecule has 0 saturated heterocycles. The van der Waals surface area contributed by atoms with Crippen LogP contribution in [0.25, 0.3) is 0 Å². The van der Waals surface area contributed by atoms with Crippen molar-refractivity contribution in [3.63, 3.8) is 0 Å². The predicted molar refractivity (Wildman–Crippen MR) is 73.1 cm³/mol. The Hall–Kier alpha value is -1.34. The largest absolute Gasteiger partial charge is 0.480 e. The second-order valence-corrected chi connectivity index (χ2v) is 5.34. The van der Waals surface area contributed by atoms with Gasteiger partial charge in [-0.1, -0.05) is 0 Å². The number of amides is 1. The minimum absolute atomic E-state index is 0.0232. The van der Waals surface area contributed by atoms with Crippen LogP contribution in [0.3, 0.4) is 0 Å². The maximum absolute atomic E-state index is 12.1. The molecule has 1 rings (SSSR count). The van der Waals surface area contributed by atoms with Gasteiger partial charge in [0.25, 0.3) is 5.91 Å². The molecule has 1 heterocycles. The number of rotatable bonds is 6. The summed E-state index contributed by atoms with van der Waals surface area (Å²) in [6.45, 7) is 3.55. The number of aliphatic hydroxyl groups excluding tert-OH is 1. The summed E-state index contributed by atoms with van der Waals surface area (Å²) in [6, 6.07) is 0.618. The fourth-order valence-electron chi connectivity index (χ4n) is 1.67. The smallest absolute Gasteiger partial charge is 0.326 e. The van der Waals surface area contributed by atoms with Crippen molar-refractivity contribution >= 4 is 27.8 Å². The lowest BCUT2D eigenvalue weighted by molar-refractivity contribution is -0.139. The van der Waals surface area contributed by atoms with E-state index in [1.165, 1.54) is 0 Å². The van der Waals surface area contributed by atoms with Crippen LogP contribution < -0.4 is 5.32 Å². The quantitative estimate of drug-likeness (QED) is 0.734. The first-order valence-electron chi connectivity index (χ1n) is 5.88. The fourth-order valence-corrected chi connectivity index (χ4v) is 2.11. The SMILES string of the molecule is CC(C)n1cc(Br)cc1C(=O)N[C@@H](CCO)C(=O)O. The van der Waals surface area contributed by atoms with Crippen LogP contribution in [-0.2, 0) is 4.79 Å². The number of hydrogen-bond donors (Lipinski definition) is 3. The highest BCUT2D eigenvalue weighted by atomic mass is 79.9. The van der Waals surface area contributed by atoms with Crippen molar-refractivity contribution in [3.8, 4) is 0 Å². The van der Waals surface area contributed by atoms with Gasteiger partial charge in [-0.2, -0.15) is 0 Å². The van der Waals surface area contributed by atoms with Gasteiger partial charge in [0.1, 0.15) is 11.7 Å². The molecule has 1 amide bonds. The first kappa shape index (κ1) is 15.7. The van der Waals surface area contributed by atoms with E-state index in [2.05, 4.69) is 21.2 Å². The fraction of sp³-hybridized carbons (Fsp3) is 0.500. The number of aliphatic carboxylic acids is 1. The molecule has 0 radical (unpaired) electrons. The number of nitrogens with one attached hydrogen (secondary N) is 1. The summed E-state index contributed by atoms with van der Waals surface area (Å²) in [5, 5.41) is 20.1. The van der Waals surface area contributed by atoms with Gasteiger partial charge in [-0.15, -0.1) is 0 Å². The van der Waals surface area contributed by atoms with Crippen LogP contribution in [0.5, 0.6) is 0 Å². The third kappa shape index (κ3) is 4.07. The van der Waals surface area contributed by atoms with Crippen LogP contribution in [0.1, 0.15) is 36.8 Å². The molecule has 7 heteroatoms. The van der Waals surface area contributed by atoms with E-state index in [0.29, 0.717) is 5.69 Å². The number of hydrogen-bond acceptors (Lipinski definition) is 3. The zero-order chi connectivity index (χ0) is 14.6. The van der Waals surface area contributed by atoms with Crippen molar-refractivity contribution < 1.29 is 19.8 Å². The highest BCUT2D eigenvalue weighted by Crippen LogP contribution is 2.19. The molecule has 0 aliphatic rings. The van der Waals surface area contributed by atoms with Gasteiger partial charge in [-0.25, -0.2) is 4.79 Å². The first-order chi connectivity index (χ1) is 8.86. The molecule has 0 aromatic carbocycles. The maximum atomic E-state index is 12.1. The number of aliphatic hydroxyl groups is 1.